The van der Waals surface area contributed by atoms with Crippen molar-refractivity contribution in [2.75, 3.05) is 20.6 Å². The summed E-state index contributed by atoms with van der Waals surface area (Å²) in [5, 5.41) is 17.7. The third kappa shape index (κ3) is 11.1. The summed E-state index contributed by atoms with van der Waals surface area (Å²) in [6, 6.07) is 8.34. The second-order valence-electron chi connectivity index (χ2n) is 9.19. The summed E-state index contributed by atoms with van der Waals surface area (Å²) in [6.07, 6.45) is 2.82. The molecular weight excluding hydrogens is 410 g/mol. The fraction of sp³-hybridized carbons (Fsp3) is 0.625. The Bertz CT molecular complexity index is 710. The fourth-order valence-corrected chi connectivity index (χ4v) is 3.51. The molecule has 0 radical (unpaired) electrons. The van der Waals surface area contributed by atoms with E-state index >= 15 is 0 Å². The molecule has 0 spiro atoms. The first-order valence-corrected chi connectivity index (χ1v) is 11.2. The molecule has 1 aromatic rings. The SMILES string of the molecule is CC(C)(C)OC(=O)NCC1CCC(C(=O)N[C@@H](Cc2ccccc2)C(=O)O)CC1.CNC. The smallest absolute Gasteiger partial charge is 0.407 e. The first-order chi connectivity index (χ1) is 15.1. The predicted octanol–water partition coefficient (Wildman–Crippen LogP) is 2.97. The molecule has 2 rings (SSSR count). The van der Waals surface area contributed by atoms with Crippen LogP contribution in [0.15, 0.2) is 30.3 Å². The molecule has 1 fully saturated rings. The van der Waals surface area contributed by atoms with Crippen molar-refractivity contribution < 1.29 is 24.2 Å². The van der Waals surface area contributed by atoms with Crippen LogP contribution in [0.2, 0.25) is 0 Å². The van der Waals surface area contributed by atoms with Crippen LogP contribution in [0.1, 0.15) is 52.0 Å². The highest BCUT2D eigenvalue weighted by atomic mass is 16.6. The maximum atomic E-state index is 12.6. The Balaban J connectivity index is 0.00000161. The molecule has 0 bridgehead atoms. The minimum Gasteiger partial charge on any atom is -0.480 e. The maximum absolute atomic E-state index is 12.6. The zero-order chi connectivity index (χ0) is 24.1. The average molecular weight is 450 g/mol. The number of amides is 2. The van der Waals surface area contributed by atoms with Crippen molar-refractivity contribution in [3.63, 3.8) is 0 Å². The van der Waals surface area contributed by atoms with Gasteiger partial charge in [-0.05, 0) is 72.0 Å². The van der Waals surface area contributed by atoms with Crippen LogP contribution in [0.25, 0.3) is 0 Å². The lowest BCUT2D eigenvalue weighted by molar-refractivity contribution is -0.142. The summed E-state index contributed by atoms with van der Waals surface area (Å²) in [5.41, 5.74) is 0.345. The van der Waals surface area contributed by atoms with Gasteiger partial charge in [0.25, 0.3) is 0 Å². The number of alkyl carbamates (subject to hydrolysis) is 1. The van der Waals surface area contributed by atoms with Gasteiger partial charge in [0.05, 0.1) is 0 Å². The number of carbonyl (C=O) groups is 3. The minimum atomic E-state index is -1.03. The van der Waals surface area contributed by atoms with Gasteiger partial charge < -0.3 is 25.8 Å². The third-order valence-corrected chi connectivity index (χ3v) is 5.05. The van der Waals surface area contributed by atoms with Gasteiger partial charge in [0.2, 0.25) is 5.91 Å². The molecule has 1 saturated carbocycles. The number of benzene rings is 1. The second kappa shape index (κ2) is 13.7. The van der Waals surface area contributed by atoms with Crippen LogP contribution in [-0.2, 0) is 20.7 Å². The lowest BCUT2D eigenvalue weighted by Gasteiger charge is -2.29. The molecule has 8 heteroatoms. The maximum Gasteiger partial charge on any atom is 0.407 e. The normalized spacial score (nSPS) is 19.0. The zero-order valence-electron chi connectivity index (χ0n) is 19.9. The van der Waals surface area contributed by atoms with E-state index in [4.69, 9.17) is 4.74 Å². The van der Waals surface area contributed by atoms with Crippen molar-refractivity contribution in [1.82, 2.24) is 16.0 Å². The Kier molecular flexibility index (Phi) is 11.8. The minimum absolute atomic E-state index is 0.189. The molecule has 4 N–H and O–H groups in total. The number of aliphatic carboxylic acids is 1. The van der Waals surface area contributed by atoms with E-state index in [0.717, 1.165) is 18.4 Å². The van der Waals surface area contributed by atoms with Gasteiger partial charge >= 0.3 is 12.1 Å². The molecule has 0 unspecified atom stereocenters. The second-order valence-corrected chi connectivity index (χ2v) is 9.19. The van der Waals surface area contributed by atoms with Crippen molar-refractivity contribution in [3.8, 4) is 0 Å². The van der Waals surface area contributed by atoms with E-state index < -0.39 is 23.7 Å². The molecule has 1 aromatic carbocycles. The number of hydrogen-bond acceptors (Lipinski definition) is 5. The molecule has 0 heterocycles. The van der Waals surface area contributed by atoms with Gasteiger partial charge in [-0.1, -0.05) is 30.3 Å². The summed E-state index contributed by atoms with van der Waals surface area (Å²) in [7, 11) is 3.75. The Morgan fingerprint density at radius 1 is 1.06 bits per heavy atom. The summed E-state index contributed by atoms with van der Waals surface area (Å²) in [4.78, 5) is 35.9. The highest BCUT2D eigenvalue weighted by molar-refractivity contribution is 5.85. The molecule has 1 atom stereocenters. The van der Waals surface area contributed by atoms with Crippen molar-refractivity contribution in [2.45, 2.75) is 64.5 Å². The van der Waals surface area contributed by atoms with Gasteiger partial charge in [0.1, 0.15) is 11.6 Å². The summed E-state index contributed by atoms with van der Waals surface area (Å²) >= 11 is 0. The highest BCUT2D eigenvalue weighted by Gasteiger charge is 2.30. The number of carboxylic acids is 1. The Hall–Kier alpha value is -2.61. The monoisotopic (exact) mass is 449 g/mol. The van der Waals surface area contributed by atoms with Crippen LogP contribution in [-0.4, -0.2) is 55.4 Å². The number of carbonyl (C=O) groups excluding carboxylic acids is 2. The molecule has 32 heavy (non-hydrogen) atoms. The van der Waals surface area contributed by atoms with Gasteiger partial charge in [-0.25, -0.2) is 9.59 Å². The summed E-state index contributed by atoms with van der Waals surface area (Å²) in [5.74, 6) is -1.12. The quantitative estimate of drug-likeness (QED) is 0.509. The van der Waals surface area contributed by atoms with Crippen LogP contribution in [0.4, 0.5) is 4.79 Å². The predicted molar refractivity (Wildman–Crippen MR) is 124 cm³/mol. The Labute approximate surface area is 191 Å². The number of nitrogens with one attached hydrogen (secondary N) is 3. The lowest BCUT2D eigenvalue weighted by Crippen LogP contribution is -2.46. The van der Waals surface area contributed by atoms with E-state index in [1.807, 2.05) is 65.2 Å². The molecule has 1 aliphatic carbocycles. The molecule has 180 valence electrons. The van der Waals surface area contributed by atoms with E-state index in [1.54, 1.807) is 0 Å². The van der Waals surface area contributed by atoms with Gasteiger partial charge in [-0.15, -0.1) is 0 Å². The highest BCUT2D eigenvalue weighted by Crippen LogP contribution is 2.28. The van der Waals surface area contributed by atoms with E-state index in [-0.39, 0.29) is 18.2 Å². The van der Waals surface area contributed by atoms with E-state index in [1.165, 1.54) is 0 Å². The molecule has 0 aliphatic heterocycles. The van der Waals surface area contributed by atoms with Crippen LogP contribution in [0.5, 0.6) is 0 Å². The van der Waals surface area contributed by atoms with Crippen molar-refractivity contribution in [2.24, 2.45) is 11.8 Å². The molecule has 0 aromatic heterocycles. The Morgan fingerprint density at radius 2 is 1.62 bits per heavy atom. The molecule has 8 nitrogen and oxygen atoms in total. The number of rotatable bonds is 7. The van der Waals surface area contributed by atoms with Crippen molar-refractivity contribution in [1.29, 1.82) is 0 Å². The van der Waals surface area contributed by atoms with Gasteiger partial charge in [0.15, 0.2) is 0 Å². The first-order valence-electron chi connectivity index (χ1n) is 11.2. The van der Waals surface area contributed by atoms with Gasteiger partial charge in [-0.2, -0.15) is 0 Å². The fourth-order valence-electron chi connectivity index (χ4n) is 3.51. The van der Waals surface area contributed by atoms with Crippen LogP contribution >= 0.6 is 0 Å². The molecule has 2 amide bonds. The standard InChI is InChI=1S/C22H32N2O5.C2H7N/c1-22(2,3)29-21(28)23-14-16-9-11-17(12-10-16)19(25)24-18(20(26)27)13-15-7-5-4-6-8-15;1-3-2/h4-8,16-18H,9-14H2,1-3H3,(H,23,28)(H,24,25)(H,26,27);3H,1-2H3/t16?,17?,18-;/m0./s1. The number of ether oxygens (including phenoxy) is 1. The molecule has 0 saturated heterocycles. The van der Waals surface area contributed by atoms with Gasteiger partial charge in [-0.3, -0.25) is 4.79 Å². The van der Waals surface area contributed by atoms with Crippen LogP contribution in [0, 0.1) is 11.8 Å². The van der Waals surface area contributed by atoms with Crippen LogP contribution < -0.4 is 16.0 Å². The Morgan fingerprint density at radius 3 is 2.12 bits per heavy atom. The van der Waals surface area contributed by atoms with Crippen LogP contribution in [0.3, 0.4) is 0 Å². The van der Waals surface area contributed by atoms with Crippen molar-refractivity contribution >= 4 is 18.0 Å². The zero-order valence-corrected chi connectivity index (χ0v) is 19.9. The van der Waals surface area contributed by atoms with E-state index in [2.05, 4.69) is 16.0 Å². The van der Waals surface area contributed by atoms with Gasteiger partial charge in [0, 0.05) is 18.9 Å². The largest absolute Gasteiger partial charge is 0.480 e. The first kappa shape index (κ1) is 27.4. The molecule has 1 aliphatic rings. The third-order valence-electron chi connectivity index (χ3n) is 5.05. The topological polar surface area (TPSA) is 117 Å². The average Bonchev–Trinajstić information content (AvgIpc) is 2.72. The van der Waals surface area contributed by atoms with E-state index in [0.29, 0.717) is 25.3 Å². The summed E-state index contributed by atoms with van der Waals surface area (Å²) < 4.78 is 5.23. The van der Waals surface area contributed by atoms with E-state index in [9.17, 15) is 19.5 Å². The molecular formula is C24H39N3O5. The van der Waals surface area contributed by atoms with Crippen molar-refractivity contribution in [3.05, 3.63) is 35.9 Å². The number of carboxylic acid groups (broad SMARTS) is 1. The number of hydrogen-bond donors (Lipinski definition) is 4. The summed E-state index contributed by atoms with van der Waals surface area (Å²) in [6.45, 7) is 5.98. The lowest BCUT2D eigenvalue weighted by atomic mass is 9.81.